The number of piperazine rings is 1. The summed E-state index contributed by atoms with van der Waals surface area (Å²) in [5.74, 6) is 0.165. The molecule has 0 N–H and O–H groups in total. The summed E-state index contributed by atoms with van der Waals surface area (Å²) in [5, 5.41) is 1.07. The maximum absolute atomic E-state index is 11.3. The topological polar surface area (TPSA) is 36.4 Å². The normalized spacial score (nSPS) is 15.9. The number of nitrogens with zero attached hydrogens (tertiary/aromatic N) is 3. The van der Waals surface area contributed by atoms with Gasteiger partial charge in [0, 0.05) is 38.0 Å². The molecule has 0 aliphatic carbocycles. The van der Waals surface area contributed by atoms with E-state index in [1.807, 2.05) is 4.90 Å². The van der Waals surface area contributed by atoms with Gasteiger partial charge >= 0.3 is 0 Å². The van der Waals surface area contributed by atoms with Crippen molar-refractivity contribution >= 4 is 44.4 Å². The predicted molar refractivity (Wildman–Crippen MR) is 85.9 cm³/mol. The fourth-order valence-corrected chi connectivity index (χ4v) is 3.94. The van der Waals surface area contributed by atoms with Gasteiger partial charge in [-0.3, -0.25) is 4.79 Å². The smallest absolute Gasteiger partial charge is 0.219 e. The number of amides is 1. The number of aromatic nitrogens is 1. The van der Waals surface area contributed by atoms with Crippen LogP contribution in [0.25, 0.3) is 10.2 Å². The van der Waals surface area contributed by atoms with E-state index in [1.54, 1.807) is 30.0 Å². The number of hydrogen-bond acceptors (Lipinski definition) is 5. The monoisotopic (exact) mass is 307 g/mol. The Labute approximate surface area is 126 Å². The van der Waals surface area contributed by atoms with Gasteiger partial charge in [-0.05, 0) is 24.5 Å². The average molecular weight is 307 g/mol. The predicted octanol–water partition coefficient (Wildman–Crippen LogP) is 2.69. The second-order valence-corrected chi connectivity index (χ2v) is 6.71. The summed E-state index contributed by atoms with van der Waals surface area (Å²) in [5.41, 5.74) is 1.07. The van der Waals surface area contributed by atoms with Gasteiger partial charge < -0.3 is 9.80 Å². The quantitative estimate of drug-likeness (QED) is 0.799. The summed E-state index contributed by atoms with van der Waals surface area (Å²) in [6.07, 6.45) is 2.09. The number of fused-ring (bicyclic) bond motifs is 1. The maximum atomic E-state index is 11.3. The van der Waals surface area contributed by atoms with Crippen molar-refractivity contribution in [3.8, 4) is 0 Å². The third kappa shape index (κ3) is 2.62. The van der Waals surface area contributed by atoms with E-state index in [1.165, 1.54) is 9.60 Å². The zero-order chi connectivity index (χ0) is 14.1. The molecule has 1 aromatic heterocycles. The van der Waals surface area contributed by atoms with Crippen LogP contribution in [0.5, 0.6) is 0 Å². The minimum atomic E-state index is 0.165. The lowest BCUT2D eigenvalue weighted by molar-refractivity contribution is -0.129. The van der Waals surface area contributed by atoms with Crippen molar-refractivity contribution in [3.05, 3.63) is 18.2 Å². The van der Waals surface area contributed by atoms with Crippen LogP contribution in [0.3, 0.4) is 0 Å². The zero-order valence-electron chi connectivity index (χ0n) is 11.6. The molecular weight excluding hydrogens is 290 g/mol. The molecule has 1 aliphatic heterocycles. The van der Waals surface area contributed by atoms with Crippen molar-refractivity contribution in [2.24, 2.45) is 0 Å². The number of rotatable bonds is 2. The number of carbonyl (C=O) groups is 1. The number of carbonyl (C=O) groups excluding carboxylic acids is 1. The Hall–Kier alpha value is -1.27. The van der Waals surface area contributed by atoms with Crippen LogP contribution < -0.4 is 4.90 Å². The fourth-order valence-electron chi connectivity index (χ4n) is 2.37. The number of benzene rings is 1. The molecule has 1 aromatic carbocycles. The van der Waals surface area contributed by atoms with Crippen molar-refractivity contribution in [1.29, 1.82) is 0 Å². The average Bonchev–Trinajstić information content (AvgIpc) is 2.90. The van der Waals surface area contributed by atoms with Crippen LogP contribution in [0.4, 0.5) is 5.13 Å². The molecule has 106 valence electrons. The van der Waals surface area contributed by atoms with E-state index in [2.05, 4.69) is 29.4 Å². The van der Waals surface area contributed by atoms with Crippen molar-refractivity contribution in [3.63, 3.8) is 0 Å². The van der Waals surface area contributed by atoms with Gasteiger partial charge in [0.25, 0.3) is 0 Å². The minimum Gasteiger partial charge on any atom is -0.345 e. The lowest BCUT2D eigenvalue weighted by atomic mass is 10.3. The van der Waals surface area contributed by atoms with Gasteiger partial charge in [-0.2, -0.15) is 0 Å². The molecule has 0 atom stereocenters. The van der Waals surface area contributed by atoms with Crippen molar-refractivity contribution < 1.29 is 4.79 Å². The second kappa shape index (κ2) is 5.61. The largest absolute Gasteiger partial charge is 0.345 e. The van der Waals surface area contributed by atoms with Gasteiger partial charge in [0.1, 0.15) is 0 Å². The van der Waals surface area contributed by atoms with Crippen LogP contribution in [0, 0.1) is 0 Å². The van der Waals surface area contributed by atoms with Crippen LogP contribution in [0.1, 0.15) is 6.92 Å². The molecular formula is C14H17N3OS2. The van der Waals surface area contributed by atoms with Crippen molar-refractivity contribution in [2.75, 3.05) is 37.3 Å². The van der Waals surface area contributed by atoms with Gasteiger partial charge in [0.05, 0.1) is 10.2 Å². The molecule has 0 radical (unpaired) electrons. The number of anilines is 1. The number of thiazole rings is 1. The molecule has 1 saturated heterocycles. The first-order valence-corrected chi connectivity index (χ1v) is 8.66. The molecule has 20 heavy (non-hydrogen) atoms. The van der Waals surface area contributed by atoms with E-state index < -0.39 is 0 Å². The van der Waals surface area contributed by atoms with E-state index in [0.717, 1.165) is 36.8 Å². The summed E-state index contributed by atoms with van der Waals surface area (Å²) in [6.45, 7) is 4.96. The van der Waals surface area contributed by atoms with Crippen molar-refractivity contribution in [2.45, 2.75) is 11.8 Å². The summed E-state index contributed by atoms with van der Waals surface area (Å²) >= 11 is 3.49. The Balaban J connectivity index is 1.79. The van der Waals surface area contributed by atoms with E-state index >= 15 is 0 Å². The Kier molecular flexibility index (Phi) is 3.85. The molecule has 4 nitrogen and oxygen atoms in total. The summed E-state index contributed by atoms with van der Waals surface area (Å²) in [6, 6.07) is 6.41. The molecule has 1 fully saturated rings. The van der Waals surface area contributed by atoms with E-state index in [0.29, 0.717) is 0 Å². The van der Waals surface area contributed by atoms with Gasteiger partial charge in [-0.25, -0.2) is 4.98 Å². The van der Waals surface area contributed by atoms with Crippen LogP contribution in [-0.2, 0) is 4.79 Å². The molecule has 0 unspecified atom stereocenters. The standard InChI is InChI=1S/C14H17N3OS2/c1-10(18)16-5-7-17(8-6-16)14-15-12-4-3-11(19-2)9-13(12)20-14/h3-4,9H,5-8H2,1-2H3. The molecule has 2 heterocycles. The highest BCUT2D eigenvalue weighted by molar-refractivity contribution is 7.98. The first-order valence-electron chi connectivity index (χ1n) is 6.62. The third-order valence-electron chi connectivity index (χ3n) is 3.58. The molecule has 1 amide bonds. The third-order valence-corrected chi connectivity index (χ3v) is 5.38. The Morgan fingerprint density at radius 1 is 1.30 bits per heavy atom. The first-order chi connectivity index (χ1) is 9.67. The summed E-state index contributed by atoms with van der Waals surface area (Å²) < 4.78 is 1.24. The molecule has 2 aromatic rings. The fraction of sp³-hybridized carbons (Fsp3) is 0.429. The van der Waals surface area contributed by atoms with Gasteiger partial charge in [-0.15, -0.1) is 11.8 Å². The van der Waals surface area contributed by atoms with Gasteiger partial charge in [-0.1, -0.05) is 11.3 Å². The molecule has 0 saturated carbocycles. The summed E-state index contributed by atoms with van der Waals surface area (Å²) in [7, 11) is 0. The van der Waals surface area contributed by atoms with E-state index in [-0.39, 0.29) is 5.91 Å². The highest BCUT2D eigenvalue weighted by Crippen LogP contribution is 2.31. The molecule has 1 aliphatic rings. The van der Waals surface area contributed by atoms with Crippen molar-refractivity contribution in [1.82, 2.24) is 9.88 Å². The van der Waals surface area contributed by atoms with Gasteiger partial charge in [0.2, 0.25) is 5.91 Å². The lowest BCUT2D eigenvalue weighted by Crippen LogP contribution is -2.48. The first kappa shape index (κ1) is 13.7. The number of hydrogen-bond donors (Lipinski definition) is 0. The SMILES string of the molecule is CSc1ccc2nc(N3CCN(C(C)=O)CC3)sc2c1. The van der Waals surface area contributed by atoms with E-state index in [4.69, 9.17) is 4.98 Å². The van der Waals surface area contributed by atoms with Crippen LogP contribution in [0.15, 0.2) is 23.1 Å². The number of thioether (sulfide) groups is 1. The molecule has 6 heteroatoms. The van der Waals surface area contributed by atoms with Crippen LogP contribution >= 0.6 is 23.1 Å². The Morgan fingerprint density at radius 3 is 2.70 bits per heavy atom. The maximum Gasteiger partial charge on any atom is 0.219 e. The molecule has 3 rings (SSSR count). The summed E-state index contributed by atoms with van der Waals surface area (Å²) in [4.78, 5) is 21.5. The Morgan fingerprint density at radius 2 is 2.05 bits per heavy atom. The highest BCUT2D eigenvalue weighted by atomic mass is 32.2. The molecule has 0 spiro atoms. The minimum absolute atomic E-state index is 0.165. The molecule has 0 bridgehead atoms. The van der Waals surface area contributed by atoms with Crippen LogP contribution in [0.2, 0.25) is 0 Å². The Bertz CT molecular complexity index is 632. The van der Waals surface area contributed by atoms with Gasteiger partial charge in [0.15, 0.2) is 5.13 Å². The second-order valence-electron chi connectivity index (χ2n) is 4.82. The van der Waals surface area contributed by atoms with E-state index in [9.17, 15) is 4.79 Å². The van der Waals surface area contributed by atoms with Crippen LogP contribution in [-0.4, -0.2) is 48.2 Å². The zero-order valence-corrected chi connectivity index (χ0v) is 13.3. The lowest BCUT2D eigenvalue weighted by Gasteiger charge is -2.33. The highest BCUT2D eigenvalue weighted by Gasteiger charge is 2.21.